The predicted octanol–water partition coefficient (Wildman–Crippen LogP) is 0.777. The Morgan fingerprint density at radius 3 is 2.69 bits per heavy atom. The first-order valence-electron chi connectivity index (χ1n) is 5.18. The van der Waals surface area contributed by atoms with Crippen molar-refractivity contribution in [1.29, 1.82) is 0 Å². The summed E-state index contributed by atoms with van der Waals surface area (Å²) in [4.78, 5) is 4.39. The molecular weight excluding hydrogens is 200 g/mol. The zero-order chi connectivity index (χ0) is 11.8. The Hall–Kier alpha value is -1.81. The second-order valence-electron chi connectivity index (χ2n) is 3.43. The van der Waals surface area contributed by atoms with E-state index in [0.29, 0.717) is 5.70 Å². The van der Waals surface area contributed by atoms with Gasteiger partial charge in [0.1, 0.15) is 0 Å². The van der Waals surface area contributed by atoms with Gasteiger partial charge in [0, 0.05) is 19.0 Å². The van der Waals surface area contributed by atoms with E-state index in [-0.39, 0.29) is 6.04 Å². The largest absolute Gasteiger partial charge is 0.403 e. The molecule has 0 fully saturated rings. The maximum Gasteiger partial charge on any atom is 0.0874 e. The van der Waals surface area contributed by atoms with Gasteiger partial charge in [0.25, 0.3) is 0 Å². The summed E-state index contributed by atoms with van der Waals surface area (Å²) in [6.45, 7) is 0.762. The second-order valence-corrected chi connectivity index (χ2v) is 3.43. The van der Waals surface area contributed by atoms with Crippen LogP contribution in [0.15, 0.2) is 47.2 Å². The highest BCUT2D eigenvalue weighted by Crippen LogP contribution is 2.15. The van der Waals surface area contributed by atoms with E-state index in [0.717, 1.165) is 12.1 Å². The number of nitrogens with two attached hydrogens (primary N) is 2. The van der Waals surface area contributed by atoms with Crippen molar-refractivity contribution in [2.45, 2.75) is 6.04 Å². The molecule has 1 atom stereocenters. The molecule has 1 rings (SSSR count). The SMILES string of the molecule is CNCC(N=C/C(N)=C\N)c1ccccc1. The van der Waals surface area contributed by atoms with Crippen molar-refractivity contribution in [3.63, 3.8) is 0 Å². The van der Waals surface area contributed by atoms with Gasteiger partial charge in [-0.25, -0.2) is 0 Å². The van der Waals surface area contributed by atoms with Crippen LogP contribution in [0.1, 0.15) is 11.6 Å². The number of likely N-dealkylation sites (N-methyl/N-ethyl adjacent to an activating group) is 1. The van der Waals surface area contributed by atoms with E-state index in [1.807, 2.05) is 37.4 Å². The predicted molar refractivity (Wildman–Crippen MR) is 68.1 cm³/mol. The second kappa shape index (κ2) is 6.63. The van der Waals surface area contributed by atoms with E-state index in [1.165, 1.54) is 6.20 Å². The monoisotopic (exact) mass is 218 g/mol. The van der Waals surface area contributed by atoms with Gasteiger partial charge < -0.3 is 16.8 Å². The average molecular weight is 218 g/mol. The van der Waals surface area contributed by atoms with Gasteiger partial charge >= 0.3 is 0 Å². The van der Waals surface area contributed by atoms with Crippen LogP contribution in [0.4, 0.5) is 0 Å². The molecule has 16 heavy (non-hydrogen) atoms. The Balaban J connectivity index is 2.80. The molecular formula is C12H18N4. The highest BCUT2D eigenvalue weighted by atomic mass is 14.9. The van der Waals surface area contributed by atoms with Crippen LogP contribution in [0.3, 0.4) is 0 Å². The third-order valence-electron chi connectivity index (χ3n) is 2.18. The Bertz CT molecular complexity index is 357. The molecule has 0 aromatic heterocycles. The van der Waals surface area contributed by atoms with Crippen LogP contribution in [0, 0.1) is 0 Å². The van der Waals surface area contributed by atoms with Crippen LogP contribution in [0.5, 0.6) is 0 Å². The van der Waals surface area contributed by atoms with Crippen LogP contribution in [0.25, 0.3) is 0 Å². The molecule has 0 aliphatic carbocycles. The Morgan fingerprint density at radius 1 is 1.44 bits per heavy atom. The van der Waals surface area contributed by atoms with E-state index < -0.39 is 0 Å². The summed E-state index contributed by atoms with van der Waals surface area (Å²) in [5.74, 6) is 0. The minimum atomic E-state index is 0.0599. The molecule has 5 N–H and O–H groups in total. The van der Waals surface area contributed by atoms with E-state index in [2.05, 4.69) is 10.3 Å². The van der Waals surface area contributed by atoms with Crippen molar-refractivity contribution in [2.75, 3.05) is 13.6 Å². The first-order chi connectivity index (χ1) is 7.77. The molecule has 4 heteroatoms. The molecule has 4 nitrogen and oxygen atoms in total. The van der Waals surface area contributed by atoms with Crippen LogP contribution < -0.4 is 16.8 Å². The molecule has 0 radical (unpaired) electrons. The molecule has 1 aromatic carbocycles. The van der Waals surface area contributed by atoms with Crippen LogP contribution >= 0.6 is 0 Å². The topological polar surface area (TPSA) is 76.4 Å². The summed E-state index contributed by atoms with van der Waals surface area (Å²) in [5, 5.41) is 3.10. The summed E-state index contributed by atoms with van der Waals surface area (Å²) >= 11 is 0. The molecule has 0 saturated heterocycles. The molecule has 0 bridgehead atoms. The average Bonchev–Trinajstić information content (AvgIpc) is 2.35. The van der Waals surface area contributed by atoms with E-state index >= 15 is 0 Å². The van der Waals surface area contributed by atoms with Crippen molar-refractivity contribution in [3.05, 3.63) is 47.8 Å². The Labute approximate surface area is 96.1 Å². The minimum Gasteiger partial charge on any atom is -0.403 e. The lowest BCUT2D eigenvalue weighted by atomic mass is 10.1. The van der Waals surface area contributed by atoms with Crippen molar-refractivity contribution in [3.8, 4) is 0 Å². The van der Waals surface area contributed by atoms with Crippen molar-refractivity contribution in [2.24, 2.45) is 16.5 Å². The molecule has 0 aliphatic rings. The highest BCUT2D eigenvalue weighted by Gasteiger charge is 2.06. The minimum absolute atomic E-state index is 0.0599. The fourth-order valence-corrected chi connectivity index (χ4v) is 1.34. The number of hydrogen-bond acceptors (Lipinski definition) is 4. The van der Waals surface area contributed by atoms with Gasteiger partial charge in [-0.05, 0) is 12.6 Å². The summed E-state index contributed by atoms with van der Waals surface area (Å²) in [6, 6.07) is 10.1. The van der Waals surface area contributed by atoms with E-state index in [9.17, 15) is 0 Å². The number of hydrogen-bond donors (Lipinski definition) is 3. The quantitative estimate of drug-likeness (QED) is 0.639. The zero-order valence-electron chi connectivity index (χ0n) is 9.43. The smallest absolute Gasteiger partial charge is 0.0874 e. The lowest BCUT2D eigenvalue weighted by Crippen LogP contribution is -2.16. The molecule has 0 saturated carbocycles. The van der Waals surface area contributed by atoms with Gasteiger partial charge in [-0.2, -0.15) is 0 Å². The fraction of sp³-hybridized carbons (Fsp3) is 0.250. The molecule has 0 spiro atoms. The lowest BCUT2D eigenvalue weighted by molar-refractivity contribution is 0.657. The third kappa shape index (κ3) is 3.74. The first-order valence-corrected chi connectivity index (χ1v) is 5.18. The summed E-state index contributed by atoms with van der Waals surface area (Å²) < 4.78 is 0. The number of rotatable bonds is 5. The molecule has 1 aromatic rings. The maximum atomic E-state index is 5.56. The van der Waals surface area contributed by atoms with Crippen LogP contribution in [-0.4, -0.2) is 19.8 Å². The standard InChI is InChI=1S/C12H18N4/c1-15-9-12(16-8-11(14)7-13)10-5-3-2-4-6-10/h2-8,12,15H,9,13-14H2,1H3/b11-7+,16-8?. The zero-order valence-corrected chi connectivity index (χ0v) is 9.43. The maximum absolute atomic E-state index is 5.56. The summed E-state index contributed by atoms with van der Waals surface area (Å²) in [6.07, 6.45) is 2.93. The highest BCUT2D eigenvalue weighted by molar-refractivity contribution is 5.77. The number of benzene rings is 1. The number of nitrogens with zero attached hydrogens (tertiary/aromatic N) is 1. The van der Waals surface area contributed by atoms with Crippen molar-refractivity contribution in [1.82, 2.24) is 5.32 Å². The molecule has 0 amide bonds. The molecule has 0 heterocycles. The molecule has 86 valence electrons. The third-order valence-corrected chi connectivity index (χ3v) is 2.18. The summed E-state index contributed by atoms with van der Waals surface area (Å²) in [7, 11) is 1.90. The van der Waals surface area contributed by atoms with Gasteiger partial charge in [-0.1, -0.05) is 30.3 Å². The van der Waals surface area contributed by atoms with Gasteiger partial charge in [-0.15, -0.1) is 0 Å². The number of allylic oxidation sites excluding steroid dienone is 1. The number of nitrogens with one attached hydrogen (secondary N) is 1. The lowest BCUT2D eigenvalue weighted by Gasteiger charge is -2.11. The van der Waals surface area contributed by atoms with Gasteiger partial charge in [0.05, 0.1) is 11.7 Å². The van der Waals surface area contributed by atoms with Crippen LogP contribution in [0.2, 0.25) is 0 Å². The van der Waals surface area contributed by atoms with Gasteiger partial charge in [-0.3, -0.25) is 4.99 Å². The van der Waals surface area contributed by atoms with E-state index in [1.54, 1.807) is 6.21 Å². The molecule has 0 aliphatic heterocycles. The molecule has 1 unspecified atom stereocenters. The van der Waals surface area contributed by atoms with Crippen molar-refractivity contribution >= 4 is 6.21 Å². The number of aliphatic imine (C=N–C) groups is 1. The Kier molecular flexibility index (Phi) is 5.08. The normalized spacial score (nSPS) is 14.2. The van der Waals surface area contributed by atoms with Crippen molar-refractivity contribution < 1.29 is 0 Å². The van der Waals surface area contributed by atoms with Gasteiger partial charge in [0.2, 0.25) is 0 Å². The van der Waals surface area contributed by atoms with E-state index in [4.69, 9.17) is 11.5 Å². The fourth-order valence-electron chi connectivity index (χ4n) is 1.34. The summed E-state index contributed by atoms with van der Waals surface area (Å²) in [5.41, 5.74) is 12.5. The Morgan fingerprint density at radius 2 is 2.12 bits per heavy atom. The van der Waals surface area contributed by atoms with Gasteiger partial charge in [0.15, 0.2) is 0 Å². The first kappa shape index (κ1) is 12.3. The van der Waals surface area contributed by atoms with Crippen LogP contribution in [-0.2, 0) is 0 Å².